The van der Waals surface area contributed by atoms with Crippen LogP contribution in [0.5, 0.6) is 5.75 Å². The van der Waals surface area contributed by atoms with E-state index in [1.165, 1.54) is 49.9 Å². The van der Waals surface area contributed by atoms with Gasteiger partial charge in [0.15, 0.2) is 0 Å². The summed E-state index contributed by atoms with van der Waals surface area (Å²) in [6, 6.07) is 18.4. The van der Waals surface area contributed by atoms with E-state index in [4.69, 9.17) is 4.74 Å². The second kappa shape index (κ2) is 10.3. The molecule has 1 aliphatic rings. The van der Waals surface area contributed by atoms with Gasteiger partial charge in [0, 0.05) is 0 Å². The molecule has 1 aliphatic heterocycles. The summed E-state index contributed by atoms with van der Waals surface area (Å²) in [5.74, 6) is 0.817. The SMILES string of the molecule is C[N+]1(CC(O)COc2ccc(-c3ccccc3)cc2)CCCCCC1.[I-]. The summed E-state index contributed by atoms with van der Waals surface area (Å²) in [7, 11) is 2.27. The van der Waals surface area contributed by atoms with Crippen LogP contribution >= 0.6 is 0 Å². The Bertz CT molecular complexity index is 637. The molecular formula is C22H30INO2. The lowest BCUT2D eigenvalue weighted by atomic mass is 10.1. The van der Waals surface area contributed by atoms with Gasteiger partial charge in [0.05, 0.1) is 20.1 Å². The number of hydrogen-bond acceptors (Lipinski definition) is 2. The molecule has 4 heteroatoms. The average Bonchev–Trinajstić information content (AvgIpc) is 2.85. The van der Waals surface area contributed by atoms with Gasteiger partial charge in [-0.15, -0.1) is 0 Å². The minimum atomic E-state index is -0.420. The second-order valence-corrected chi connectivity index (χ2v) is 7.52. The Hall–Kier alpha value is -1.11. The molecule has 3 nitrogen and oxygen atoms in total. The van der Waals surface area contributed by atoms with Gasteiger partial charge >= 0.3 is 0 Å². The van der Waals surface area contributed by atoms with Gasteiger partial charge in [-0.1, -0.05) is 42.5 Å². The maximum Gasteiger partial charge on any atom is 0.137 e. The first kappa shape index (κ1) is 21.2. The van der Waals surface area contributed by atoms with Crippen molar-refractivity contribution in [2.75, 3.05) is 33.3 Å². The van der Waals surface area contributed by atoms with E-state index in [9.17, 15) is 5.11 Å². The average molecular weight is 467 g/mol. The highest BCUT2D eigenvalue weighted by Gasteiger charge is 2.26. The summed E-state index contributed by atoms with van der Waals surface area (Å²) < 4.78 is 6.79. The van der Waals surface area contributed by atoms with Gasteiger partial charge in [-0.25, -0.2) is 0 Å². The molecule has 0 bridgehead atoms. The van der Waals surface area contributed by atoms with Crippen LogP contribution in [0.25, 0.3) is 11.1 Å². The first-order valence-corrected chi connectivity index (χ1v) is 9.45. The smallest absolute Gasteiger partial charge is 0.137 e. The molecule has 0 aliphatic carbocycles. The largest absolute Gasteiger partial charge is 1.00 e. The highest BCUT2D eigenvalue weighted by atomic mass is 127. The van der Waals surface area contributed by atoms with Crippen molar-refractivity contribution >= 4 is 0 Å². The summed E-state index contributed by atoms with van der Waals surface area (Å²) in [6.45, 7) is 3.48. The van der Waals surface area contributed by atoms with Gasteiger partial charge in [0.2, 0.25) is 0 Å². The van der Waals surface area contributed by atoms with Crippen LogP contribution in [0.15, 0.2) is 54.6 Å². The van der Waals surface area contributed by atoms with Crippen molar-refractivity contribution in [2.24, 2.45) is 0 Å². The number of aliphatic hydroxyl groups excluding tert-OH is 1. The Morgan fingerprint density at radius 3 is 2.08 bits per heavy atom. The van der Waals surface area contributed by atoms with Crippen LogP contribution < -0.4 is 28.7 Å². The van der Waals surface area contributed by atoms with E-state index in [0.717, 1.165) is 16.8 Å². The van der Waals surface area contributed by atoms with Crippen LogP contribution in [0.1, 0.15) is 25.7 Å². The second-order valence-electron chi connectivity index (χ2n) is 7.52. The third-order valence-corrected chi connectivity index (χ3v) is 5.20. The molecule has 1 unspecified atom stereocenters. The standard InChI is InChI=1S/C22H30NO2.HI/c1-23(15-7-2-3-8-16-23)17-21(24)18-25-22-13-11-20(12-14-22)19-9-5-4-6-10-19;/h4-6,9-14,21,24H,2-3,7-8,15-18H2,1H3;1H/q+1;/p-1. The van der Waals surface area contributed by atoms with Gasteiger partial charge in [-0.3, -0.25) is 0 Å². The first-order chi connectivity index (χ1) is 12.1. The topological polar surface area (TPSA) is 29.5 Å². The van der Waals surface area contributed by atoms with E-state index in [-0.39, 0.29) is 24.0 Å². The predicted octanol–water partition coefficient (Wildman–Crippen LogP) is 1.12. The molecule has 2 aromatic rings. The molecule has 26 heavy (non-hydrogen) atoms. The molecule has 0 amide bonds. The Morgan fingerprint density at radius 1 is 0.885 bits per heavy atom. The van der Waals surface area contributed by atoms with Gasteiger partial charge < -0.3 is 38.3 Å². The Labute approximate surface area is 174 Å². The number of hydrogen-bond donors (Lipinski definition) is 1. The van der Waals surface area contributed by atoms with Crippen molar-refractivity contribution in [2.45, 2.75) is 31.8 Å². The van der Waals surface area contributed by atoms with E-state index >= 15 is 0 Å². The molecule has 1 saturated heterocycles. The number of benzene rings is 2. The number of rotatable bonds is 6. The normalized spacial score (nSPS) is 17.6. The van der Waals surface area contributed by atoms with Crippen molar-refractivity contribution in [1.82, 2.24) is 0 Å². The molecule has 3 rings (SSSR count). The lowest BCUT2D eigenvalue weighted by molar-refractivity contribution is -0.911. The Kier molecular flexibility index (Phi) is 8.38. The zero-order valence-corrected chi connectivity index (χ0v) is 17.8. The fraction of sp³-hybridized carbons (Fsp3) is 0.455. The third kappa shape index (κ3) is 6.25. The van der Waals surface area contributed by atoms with E-state index in [1.54, 1.807) is 0 Å². The monoisotopic (exact) mass is 467 g/mol. The van der Waals surface area contributed by atoms with Crippen molar-refractivity contribution in [3.8, 4) is 16.9 Å². The molecule has 1 atom stereocenters. The van der Waals surface area contributed by atoms with Crippen molar-refractivity contribution in [3.63, 3.8) is 0 Å². The summed E-state index contributed by atoms with van der Waals surface area (Å²) >= 11 is 0. The van der Waals surface area contributed by atoms with Gasteiger partial charge in [-0.2, -0.15) is 0 Å². The third-order valence-electron chi connectivity index (χ3n) is 5.20. The molecule has 1 heterocycles. The number of likely N-dealkylation sites (tertiary alicyclic amines) is 1. The molecule has 1 N–H and O–H groups in total. The number of quaternary nitrogens is 1. The van der Waals surface area contributed by atoms with Crippen LogP contribution in [0, 0.1) is 0 Å². The number of likely N-dealkylation sites (N-methyl/N-ethyl adjacent to an activating group) is 1. The fourth-order valence-corrected chi connectivity index (χ4v) is 3.76. The Balaban J connectivity index is 0.00000243. The molecule has 0 saturated carbocycles. The molecule has 142 valence electrons. The molecular weight excluding hydrogens is 437 g/mol. The van der Waals surface area contributed by atoms with E-state index in [1.807, 2.05) is 30.3 Å². The van der Waals surface area contributed by atoms with Crippen LogP contribution in [-0.2, 0) is 0 Å². The molecule has 0 aromatic heterocycles. The maximum atomic E-state index is 10.4. The quantitative estimate of drug-likeness (QED) is 0.510. The van der Waals surface area contributed by atoms with Crippen LogP contribution in [0.2, 0.25) is 0 Å². The summed E-state index contributed by atoms with van der Waals surface area (Å²) in [5, 5.41) is 10.4. The lowest BCUT2D eigenvalue weighted by Crippen LogP contribution is -3.00. The van der Waals surface area contributed by atoms with Crippen LogP contribution in [0.3, 0.4) is 0 Å². The van der Waals surface area contributed by atoms with E-state index in [2.05, 4.69) is 31.3 Å². The fourth-order valence-electron chi connectivity index (χ4n) is 3.76. The highest BCUT2D eigenvalue weighted by molar-refractivity contribution is 5.63. The van der Waals surface area contributed by atoms with E-state index < -0.39 is 6.10 Å². The minimum absolute atomic E-state index is 0. The van der Waals surface area contributed by atoms with Gasteiger partial charge in [0.1, 0.15) is 25.0 Å². The van der Waals surface area contributed by atoms with Crippen molar-refractivity contribution in [1.29, 1.82) is 0 Å². The molecule has 0 radical (unpaired) electrons. The highest BCUT2D eigenvalue weighted by Crippen LogP contribution is 2.22. The molecule has 2 aromatic carbocycles. The van der Waals surface area contributed by atoms with Gasteiger partial charge in [0.25, 0.3) is 0 Å². The number of aliphatic hydroxyl groups is 1. The number of ether oxygens (including phenoxy) is 1. The number of nitrogens with zero attached hydrogens (tertiary/aromatic N) is 1. The minimum Gasteiger partial charge on any atom is -1.00 e. The Morgan fingerprint density at radius 2 is 1.46 bits per heavy atom. The summed E-state index contributed by atoms with van der Waals surface area (Å²) in [5.41, 5.74) is 2.38. The van der Waals surface area contributed by atoms with E-state index in [0.29, 0.717) is 6.61 Å². The zero-order chi connectivity index (χ0) is 17.5. The zero-order valence-electron chi connectivity index (χ0n) is 15.6. The molecule has 0 spiro atoms. The summed E-state index contributed by atoms with van der Waals surface area (Å²) in [6.07, 6.45) is 4.77. The van der Waals surface area contributed by atoms with Crippen LogP contribution in [-0.4, -0.2) is 49.0 Å². The number of halogens is 1. The van der Waals surface area contributed by atoms with Gasteiger partial charge in [-0.05, 0) is 48.9 Å². The molecule has 1 fully saturated rings. The lowest BCUT2D eigenvalue weighted by Gasteiger charge is -2.35. The predicted molar refractivity (Wildman–Crippen MR) is 103 cm³/mol. The first-order valence-electron chi connectivity index (χ1n) is 9.45. The van der Waals surface area contributed by atoms with Crippen molar-refractivity contribution < 1.29 is 38.3 Å². The van der Waals surface area contributed by atoms with Crippen molar-refractivity contribution in [3.05, 3.63) is 54.6 Å². The van der Waals surface area contributed by atoms with Crippen LogP contribution in [0.4, 0.5) is 0 Å². The summed E-state index contributed by atoms with van der Waals surface area (Å²) in [4.78, 5) is 0. The maximum absolute atomic E-state index is 10.4.